The second kappa shape index (κ2) is 8.42. The molecule has 0 radical (unpaired) electrons. The highest BCUT2D eigenvalue weighted by Crippen LogP contribution is 2.16. The lowest BCUT2D eigenvalue weighted by Gasteiger charge is -2.28. The quantitative estimate of drug-likeness (QED) is 0.736. The molecule has 2 aromatic rings. The molecule has 0 bridgehead atoms. The number of nitrogens with zero attached hydrogens (tertiary/aromatic N) is 4. The van der Waals surface area contributed by atoms with Crippen molar-refractivity contribution in [1.82, 2.24) is 19.7 Å². The van der Waals surface area contributed by atoms with E-state index in [0.717, 1.165) is 18.2 Å². The third-order valence-corrected chi connectivity index (χ3v) is 4.49. The Bertz CT molecular complexity index is 886. The molecular formula is C18H21F2N5O3. The predicted molar refractivity (Wildman–Crippen MR) is 94.0 cm³/mol. The number of rotatable bonds is 6. The highest BCUT2D eigenvalue weighted by Gasteiger charge is 2.28. The van der Waals surface area contributed by atoms with Crippen molar-refractivity contribution in [2.45, 2.75) is 38.9 Å². The van der Waals surface area contributed by atoms with E-state index in [0.29, 0.717) is 18.9 Å². The number of benzene rings is 1. The van der Waals surface area contributed by atoms with Crippen LogP contribution in [0.2, 0.25) is 0 Å². The van der Waals surface area contributed by atoms with Crippen LogP contribution in [0.4, 0.5) is 8.78 Å². The van der Waals surface area contributed by atoms with Gasteiger partial charge in [0.05, 0.1) is 13.2 Å². The fourth-order valence-corrected chi connectivity index (χ4v) is 3.13. The third kappa shape index (κ3) is 4.33. The van der Waals surface area contributed by atoms with Gasteiger partial charge in [-0.3, -0.25) is 4.79 Å². The molecule has 28 heavy (non-hydrogen) atoms. The van der Waals surface area contributed by atoms with Crippen LogP contribution in [0.15, 0.2) is 18.2 Å². The fraction of sp³-hybridized carbons (Fsp3) is 0.444. The molecule has 1 amide bonds. The minimum absolute atomic E-state index is 0.0190. The Hall–Kier alpha value is -2.88. The molecule has 10 heteroatoms. The van der Waals surface area contributed by atoms with Gasteiger partial charge in [-0.2, -0.15) is 0 Å². The molecule has 2 heterocycles. The molecule has 8 nitrogen and oxygen atoms in total. The van der Waals surface area contributed by atoms with Crippen LogP contribution in [0.3, 0.4) is 0 Å². The normalized spacial score (nSPS) is 14.5. The van der Waals surface area contributed by atoms with Crippen LogP contribution in [-0.2, 0) is 29.0 Å². The molecule has 3 rings (SSSR count). The van der Waals surface area contributed by atoms with Crippen molar-refractivity contribution in [2.24, 2.45) is 5.73 Å². The molecule has 0 saturated carbocycles. The zero-order valence-electron chi connectivity index (χ0n) is 15.4. The minimum Gasteiger partial charge on any atom is -0.460 e. The summed E-state index contributed by atoms with van der Waals surface area (Å²) in [5.41, 5.74) is 6.11. The molecule has 0 spiro atoms. The van der Waals surface area contributed by atoms with Gasteiger partial charge in [0.1, 0.15) is 11.6 Å². The van der Waals surface area contributed by atoms with E-state index >= 15 is 0 Å². The highest BCUT2D eigenvalue weighted by atomic mass is 19.1. The van der Waals surface area contributed by atoms with Crippen LogP contribution in [0.25, 0.3) is 0 Å². The summed E-state index contributed by atoms with van der Waals surface area (Å²) in [6.07, 6.45) is 0.0290. The number of hydrogen-bond acceptors (Lipinski definition) is 6. The first-order chi connectivity index (χ1) is 13.4. The van der Waals surface area contributed by atoms with Crippen molar-refractivity contribution < 1.29 is 23.1 Å². The van der Waals surface area contributed by atoms with Gasteiger partial charge in [-0.15, -0.1) is 10.2 Å². The van der Waals surface area contributed by atoms with E-state index in [-0.39, 0.29) is 43.3 Å². The van der Waals surface area contributed by atoms with Crippen molar-refractivity contribution in [1.29, 1.82) is 0 Å². The van der Waals surface area contributed by atoms with Crippen LogP contribution in [-0.4, -0.2) is 50.7 Å². The van der Waals surface area contributed by atoms with Gasteiger partial charge in [0.2, 0.25) is 11.7 Å². The molecule has 150 valence electrons. The summed E-state index contributed by atoms with van der Waals surface area (Å²) in [5, 5.41) is 7.80. The van der Waals surface area contributed by atoms with Crippen molar-refractivity contribution in [3.8, 4) is 0 Å². The third-order valence-electron chi connectivity index (χ3n) is 4.49. The second-order valence-corrected chi connectivity index (χ2v) is 6.53. The highest BCUT2D eigenvalue weighted by molar-refractivity contribution is 5.85. The summed E-state index contributed by atoms with van der Waals surface area (Å²) < 4.78 is 33.6. The van der Waals surface area contributed by atoms with E-state index in [1.165, 1.54) is 0 Å². The maximum absolute atomic E-state index is 13.7. The van der Waals surface area contributed by atoms with Crippen LogP contribution >= 0.6 is 0 Å². The smallest absolute Gasteiger partial charge is 0.376 e. The second-order valence-electron chi connectivity index (χ2n) is 6.53. The Morgan fingerprint density at radius 1 is 1.29 bits per heavy atom. The largest absolute Gasteiger partial charge is 0.460 e. The summed E-state index contributed by atoms with van der Waals surface area (Å²) in [5.74, 6) is -1.30. The summed E-state index contributed by atoms with van der Waals surface area (Å²) in [4.78, 5) is 26.0. The Labute approximate surface area is 160 Å². The summed E-state index contributed by atoms with van der Waals surface area (Å²) in [7, 11) is 0. The zero-order chi connectivity index (χ0) is 20.3. The average molecular weight is 393 g/mol. The van der Waals surface area contributed by atoms with E-state index in [9.17, 15) is 18.4 Å². The van der Waals surface area contributed by atoms with Gasteiger partial charge in [0.25, 0.3) is 0 Å². The van der Waals surface area contributed by atoms with Gasteiger partial charge in [-0.25, -0.2) is 13.6 Å². The van der Waals surface area contributed by atoms with Crippen LogP contribution in [0.5, 0.6) is 0 Å². The number of aromatic nitrogens is 3. The van der Waals surface area contributed by atoms with Crippen molar-refractivity contribution in [3.05, 3.63) is 47.0 Å². The van der Waals surface area contributed by atoms with Crippen LogP contribution in [0.1, 0.15) is 35.4 Å². The first-order valence-electron chi connectivity index (χ1n) is 8.95. The van der Waals surface area contributed by atoms with E-state index in [1.54, 1.807) is 16.4 Å². The molecule has 1 aromatic carbocycles. The number of carbonyl (C=O) groups is 2. The number of amides is 1. The summed E-state index contributed by atoms with van der Waals surface area (Å²) in [6.45, 7) is 2.83. The molecule has 1 aliphatic heterocycles. The van der Waals surface area contributed by atoms with Crippen LogP contribution < -0.4 is 5.73 Å². The molecule has 1 aromatic heterocycles. The monoisotopic (exact) mass is 393 g/mol. The van der Waals surface area contributed by atoms with E-state index in [2.05, 4.69) is 10.2 Å². The number of hydrogen-bond donors (Lipinski definition) is 1. The standard InChI is InChI=1S/C18H21F2N5O3/c1-2-28-18(27)17-23-22-15-10-24(5-6-25(15)17)16(26)9-13(21)8-11-7-12(19)3-4-14(11)20/h3-4,7,13H,2,5-6,8-10,21H2,1H3/t13-/m1/s1. The van der Waals surface area contributed by atoms with Gasteiger partial charge >= 0.3 is 5.97 Å². The molecule has 1 atom stereocenters. The number of esters is 1. The number of ether oxygens (including phenoxy) is 1. The van der Waals surface area contributed by atoms with Crippen molar-refractivity contribution in [2.75, 3.05) is 13.2 Å². The molecule has 1 aliphatic rings. The first-order valence-corrected chi connectivity index (χ1v) is 8.95. The molecule has 0 fully saturated rings. The fourth-order valence-electron chi connectivity index (χ4n) is 3.13. The minimum atomic E-state index is -0.654. The van der Waals surface area contributed by atoms with Crippen molar-refractivity contribution >= 4 is 11.9 Å². The van der Waals surface area contributed by atoms with Gasteiger partial charge in [0.15, 0.2) is 5.82 Å². The van der Waals surface area contributed by atoms with Gasteiger partial charge in [-0.05, 0) is 37.1 Å². The lowest BCUT2D eigenvalue weighted by Crippen LogP contribution is -2.41. The summed E-state index contributed by atoms with van der Waals surface area (Å²) in [6, 6.07) is 2.50. The van der Waals surface area contributed by atoms with E-state index < -0.39 is 23.6 Å². The average Bonchev–Trinajstić information content (AvgIpc) is 3.08. The Morgan fingerprint density at radius 2 is 2.07 bits per heavy atom. The molecule has 2 N–H and O–H groups in total. The molecule has 0 aliphatic carbocycles. The van der Waals surface area contributed by atoms with Gasteiger partial charge in [0, 0.05) is 25.6 Å². The van der Waals surface area contributed by atoms with Crippen LogP contribution in [0, 0.1) is 11.6 Å². The maximum atomic E-state index is 13.7. The van der Waals surface area contributed by atoms with E-state index in [1.807, 2.05) is 0 Å². The maximum Gasteiger partial charge on any atom is 0.376 e. The van der Waals surface area contributed by atoms with E-state index in [4.69, 9.17) is 10.5 Å². The number of nitrogens with two attached hydrogens (primary N) is 1. The van der Waals surface area contributed by atoms with Gasteiger partial charge in [-0.1, -0.05) is 0 Å². The number of fused-ring (bicyclic) bond motifs is 1. The predicted octanol–water partition coefficient (Wildman–Crippen LogP) is 1.04. The lowest BCUT2D eigenvalue weighted by molar-refractivity contribution is -0.133. The Morgan fingerprint density at radius 3 is 2.82 bits per heavy atom. The van der Waals surface area contributed by atoms with Gasteiger partial charge < -0.3 is 19.9 Å². The SMILES string of the molecule is CCOC(=O)c1nnc2n1CCN(C(=O)C[C@H](N)Cc1cc(F)ccc1F)C2. The Balaban J connectivity index is 1.60. The molecule has 0 saturated heterocycles. The number of halogens is 2. The summed E-state index contributed by atoms with van der Waals surface area (Å²) >= 11 is 0. The topological polar surface area (TPSA) is 103 Å². The number of carbonyl (C=O) groups excluding carboxylic acids is 2. The zero-order valence-corrected chi connectivity index (χ0v) is 15.4. The van der Waals surface area contributed by atoms with Crippen molar-refractivity contribution in [3.63, 3.8) is 0 Å². The molecule has 0 unspecified atom stereocenters. The first kappa shape index (κ1) is 19.9. The molecular weight excluding hydrogens is 372 g/mol. The lowest BCUT2D eigenvalue weighted by atomic mass is 10.0. The Kier molecular flexibility index (Phi) is 5.98.